The fourth-order valence-electron chi connectivity index (χ4n) is 4.82. The first kappa shape index (κ1) is 17.8. The highest BCUT2D eigenvalue weighted by molar-refractivity contribution is 5.80. The maximum Gasteiger partial charge on any atom is 0.191 e. The fraction of sp³-hybridized carbons (Fsp3) is 0.842. The summed E-state index contributed by atoms with van der Waals surface area (Å²) in [6.45, 7) is 10.6. The molecular formula is C19H32N6O. The van der Waals surface area contributed by atoms with Crippen molar-refractivity contribution >= 4 is 5.96 Å². The largest absolute Gasteiger partial charge is 0.377 e. The molecule has 3 heterocycles. The van der Waals surface area contributed by atoms with Gasteiger partial charge in [-0.25, -0.2) is 9.67 Å². The highest BCUT2D eigenvalue weighted by atomic mass is 16.5. The van der Waals surface area contributed by atoms with Crippen molar-refractivity contribution in [2.45, 2.75) is 77.6 Å². The van der Waals surface area contributed by atoms with Gasteiger partial charge in [0.05, 0.1) is 12.6 Å². The molecule has 0 bridgehead atoms. The Bertz CT molecular complexity index is 694. The van der Waals surface area contributed by atoms with Crippen LogP contribution in [0.3, 0.4) is 0 Å². The predicted molar refractivity (Wildman–Crippen MR) is 101 cm³/mol. The first-order valence-corrected chi connectivity index (χ1v) is 9.95. The Balaban J connectivity index is 1.38. The van der Waals surface area contributed by atoms with Crippen molar-refractivity contribution in [1.29, 1.82) is 0 Å². The van der Waals surface area contributed by atoms with E-state index in [4.69, 9.17) is 4.74 Å². The number of rotatable bonds is 3. The van der Waals surface area contributed by atoms with Crippen LogP contribution in [-0.2, 0) is 17.7 Å². The molecule has 0 amide bonds. The van der Waals surface area contributed by atoms with E-state index in [9.17, 15) is 0 Å². The van der Waals surface area contributed by atoms with Crippen LogP contribution in [0.4, 0.5) is 0 Å². The number of aliphatic imine (C=N–C) groups is 1. The molecule has 0 aromatic carbocycles. The molecule has 0 radical (unpaired) electrons. The smallest absolute Gasteiger partial charge is 0.191 e. The van der Waals surface area contributed by atoms with Crippen LogP contribution in [0, 0.1) is 11.3 Å². The molecule has 0 spiro atoms. The number of aryl methyl sites for hydroxylation is 1. The van der Waals surface area contributed by atoms with Crippen LogP contribution >= 0.6 is 0 Å². The van der Waals surface area contributed by atoms with Crippen molar-refractivity contribution in [3.63, 3.8) is 0 Å². The molecule has 4 unspecified atom stereocenters. The van der Waals surface area contributed by atoms with E-state index in [1.165, 1.54) is 0 Å². The number of ether oxygens (including phenoxy) is 1. The van der Waals surface area contributed by atoms with Gasteiger partial charge < -0.3 is 15.4 Å². The second-order valence-corrected chi connectivity index (χ2v) is 8.86. The Morgan fingerprint density at radius 2 is 2.12 bits per heavy atom. The quantitative estimate of drug-likeness (QED) is 0.634. The van der Waals surface area contributed by atoms with Gasteiger partial charge in [-0.3, -0.25) is 4.99 Å². The van der Waals surface area contributed by atoms with Gasteiger partial charge >= 0.3 is 0 Å². The molecule has 7 nitrogen and oxygen atoms in total. The normalized spacial score (nSPS) is 32.8. The zero-order valence-electron chi connectivity index (χ0n) is 16.6. The van der Waals surface area contributed by atoms with Gasteiger partial charge in [0, 0.05) is 49.4 Å². The van der Waals surface area contributed by atoms with Crippen molar-refractivity contribution < 1.29 is 4.74 Å². The number of guanidine groups is 1. The zero-order chi connectivity index (χ0) is 18.5. The van der Waals surface area contributed by atoms with Crippen molar-refractivity contribution in [2.24, 2.45) is 16.3 Å². The summed E-state index contributed by atoms with van der Waals surface area (Å²) < 4.78 is 7.97. The highest BCUT2D eigenvalue weighted by Gasteiger charge is 2.59. The molecule has 4 atom stereocenters. The SMILES string of the molecule is CN=C(NC1CCc2nc(C(C)C)nn2C1)NC1C2CCOC2C1(C)C. The molecular weight excluding hydrogens is 328 g/mol. The summed E-state index contributed by atoms with van der Waals surface area (Å²) in [7, 11) is 1.85. The Labute approximate surface area is 156 Å². The molecule has 2 N–H and O–H groups in total. The highest BCUT2D eigenvalue weighted by Crippen LogP contribution is 2.52. The van der Waals surface area contributed by atoms with Crippen molar-refractivity contribution in [1.82, 2.24) is 25.4 Å². The predicted octanol–water partition coefficient (Wildman–Crippen LogP) is 1.69. The van der Waals surface area contributed by atoms with Gasteiger partial charge in [-0.15, -0.1) is 0 Å². The third kappa shape index (κ3) is 2.90. The van der Waals surface area contributed by atoms with Crippen LogP contribution in [0.5, 0.6) is 0 Å². The second-order valence-electron chi connectivity index (χ2n) is 8.86. The molecule has 26 heavy (non-hydrogen) atoms. The molecule has 2 fully saturated rings. The van der Waals surface area contributed by atoms with Crippen molar-refractivity contribution in [2.75, 3.05) is 13.7 Å². The summed E-state index contributed by atoms with van der Waals surface area (Å²) >= 11 is 0. The Kier molecular flexibility index (Phi) is 4.45. The second kappa shape index (κ2) is 6.51. The van der Waals surface area contributed by atoms with E-state index in [-0.39, 0.29) is 5.41 Å². The first-order valence-electron chi connectivity index (χ1n) is 9.95. The maximum absolute atomic E-state index is 5.90. The van der Waals surface area contributed by atoms with E-state index in [0.717, 1.165) is 50.0 Å². The van der Waals surface area contributed by atoms with Crippen LogP contribution < -0.4 is 10.6 Å². The summed E-state index contributed by atoms with van der Waals surface area (Å²) in [4.78, 5) is 9.16. The van der Waals surface area contributed by atoms with E-state index in [1.807, 2.05) is 7.05 Å². The number of hydrogen-bond acceptors (Lipinski definition) is 4. The number of fused-ring (bicyclic) bond motifs is 2. The van der Waals surface area contributed by atoms with Crippen LogP contribution in [0.25, 0.3) is 0 Å². The molecule has 3 aliphatic rings. The lowest BCUT2D eigenvalue weighted by atomic mass is 9.57. The van der Waals surface area contributed by atoms with Gasteiger partial charge in [-0.05, 0) is 12.8 Å². The van der Waals surface area contributed by atoms with E-state index < -0.39 is 0 Å². The summed E-state index contributed by atoms with van der Waals surface area (Å²) in [6.07, 6.45) is 3.55. The fourth-order valence-corrected chi connectivity index (χ4v) is 4.82. The summed E-state index contributed by atoms with van der Waals surface area (Å²) in [5.74, 6) is 3.93. The standard InChI is InChI=1S/C19H32N6O/c1-11(2)17-22-14-7-6-12(10-25(14)24-17)21-18(20-5)23-15-13-8-9-26-16(13)19(15,3)4/h11-13,15-16H,6-10H2,1-5H3,(H2,20,21,23). The van der Waals surface area contributed by atoms with Gasteiger partial charge in [0.25, 0.3) is 0 Å². The average Bonchev–Trinajstić information content (AvgIpc) is 3.23. The van der Waals surface area contributed by atoms with Gasteiger partial charge in [0.1, 0.15) is 5.82 Å². The third-order valence-electron chi connectivity index (χ3n) is 6.35. The van der Waals surface area contributed by atoms with E-state index >= 15 is 0 Å². The third-order valence-corrected chi connectivity index (χ3v) is 6.35. The molecule has 4 rings (SSSR count). The van der Waals surface area contributed by atoms with Gasteiger partial charge in [-0.1, -0.05) is 27.7 Å². The van der Waals surface area contributed by atoms with Crippen LogP contribution in [-0.4, -0.2) is 52.6 Å². The van der Waals surface area contributed by atoms with Gasteiger partial charge in [0.15, 0.2) is 11.8 Å². The summed E-state index contributed by atoms with van der Waals surface area (Å²) in [5.41, 5.74) is 0.149. The van der Waals surface area contributed by atoms with Crippen LogP contribution in [0.2, 0.25) is 0 Å². The lowest BCUT2D eigenvalue weighted by molar-refractivity contribution is -0.106. The average molecular weight is 361 g/mol. The van der Waals surface area contributed by atoms with Crippen LogP contribution in [0.1, 0.15) is 58.1 Å². The Morgan fingerprint density at radius 3 is 2.85 bits per heavy atom. The zero-order valence-corrected chi connectivity index (χ0v) is 16.6. The van der Waals surface area contributed by atoms with E-state index in [1.54, 1.807) is 0 Å². The molecule has 1 aromatic heterocycles. The van der Waals surface area contributed by atoms with E-state index in [0.29, 0.717) is 30.0 Å². The summed E-state index contributed by atoms with van der Waals surface area (Å²) in [5, 5.41) is 12.0. The number of hydrogen-bond donors (Lipinski definition) is 2. The monoisotopic (exact) mass is 360 g/mol. The number of nitrogens with one attached hydrogen (secondary N) is 2. The number of nitrogens with zero attached hydrogens (tertiary/aromatic N) is 4. The lowest BCUT2D eigenvalue weighted by Gasteiger charge is -2.55. The Hall–Kier alpha value is -1.63. The minimum atomic E-state index is 0.149. The molecule has 1 aromatic rings. The van der Waals surface area contributed by atoms with Crippen LogP contribution in [0.15, 0.2) is 4.99 Å². The van der Waals surface area contributed by atoms with E-state index in [2.05, 4.69) is 58.1 Å². The molecule has 1 saturated carbocycles. The van der Waals surface area contributed by atoms with Gasteiger partial charge in [-0.2, -0.15) is 5.10 Å². The maximum atomic E-state index is 5.90. The summed E-state index contributed by atoms with van der Waals surface area (Å²) in [6, 6.07) is 0.744. The first-order chi connectivity index (χ1) is 12.4. The molecule has 1 aliphatic carbocycles. The number of aromatic nitrogens is 3. The minimum absolute atomic E-state index is 0.149. The van der Waals surface area contributed by atoms with Crippen molar-refractivity contribution in [3.05, 3.63) is 11.6 Å². The Morgan fingerprint density at radius 1 is 1.31 bits per heavy atom. The molecule has 1 saturated heterocycles. The molecule has 2 aliphatic heterocycles. The molecule has 144 valence electrons. The van der Waals surface area contributed by atoms with Crippen molar-refractivity contribution in [3.8, 4) is 0 Å². The topological polar surface area (TPSA) is 76.4 Å². The lowest BCUT2D eigenvalue weighted by Crippen LogP contribution is -2.68. The molecule has 7 heteroatoms. The minimum Gasteiger partial charge on any atom is -0.377 e. The van der Waals surface area contributed by atoms with Gasteiger partial charge in [0.2, 0.25) is 0 Å².